The number of piperidine rings is 1. The number of sulfone groups is 1. The van der Waals surface area contributed by atoms with Crippen molar-refractivity contribution in [1.29, 1.82) is 0 Å². The highest BCUT2D eigenvalue weighted by Gasteiger charge is 2.24. The standard InChI is InChI=1S/C14H20N4O6S/c1-25(23,24)9-8-16-6-4-11(5-7-16)15-13-3-2-12(17(19)20)10-14(13)18(21)22/h2-3,10-11,15H,4-9H2,1H3. The van der Waals surface area contributed by atoms with Crippen molar-refractivity contribution in [2.45, 2.75) is 18.9 Å². The average molecular weight is 372 g/mol. The maximum atomic E-state index is 11.2. The van der Waals surface area contributed by atoms with Gasteiger partial charge in [0, 0.05) is 38.0 Å². The summed E-state index contributed by atoms with van der Waals surface area (Å²) in [5, 5.41) is 25.0. The fourth-order valence-corrected chi connectivity index (χ4v) is 3.31. The molecule has 0 amide bonds. The van der Waals surface area contributed by atoms with E-state index in [2.05, 4.69) is 5.32 Å². The summed E-state index contributed by atoms with van der Waals surface area (Å²) < 4.78 is 22.4. The number of hydrogen-bond donors (Lipinski definition) is 1. The van der Waals surface area contributed by atoms with Gasteiger partial charge in [-0.05, 0) is 18.9 Å². The second-order valence-corrected chi connectivity index (χ2v) is 8.37. The van der Waals surface area contributed by atoms with Crippen molar-refractivity contribution in [1.82, 2.24) is 4.90 Å². The van der Waals surface area contributed by atoms with Crippen LogP contribution in [0.4, 0.5) is 17.1 Å². The minimum atomic E-state index is -3.00. The van der Waals surface area contributed by atoms with Crippen LogP contribution in [-0.4, -0.2) is 60.8 Å². The number of hydrogen-bond acceptors (Lipinski definition) is 8. The SMILES string of the molecule is CS(=O)(=O)CCN1CCC(Nc2ccc([N+](=O)[O-])cc2[N+](=O)[O-])CC1. The van der Waals surface area contributed by atoms with Crippen molar-refractivity contribution in [3.05, 3.63) is 38.4 Å². The van der Waals surface area contributed by atoms with Crippen LogP contribution in [0.15, 0.2) is 18.2 Å². The van der Waals surface area contributed by atoms with Crippen molar-refractivity contribution in [2.75, 3.05) is 37.0 Å². The van der Waals surface area contributed by atoms with Gasteiger partial charge >= 0.3 is 0 Å². The molecule has 1 fully saturated rings. The van der Waals surface area contributed by atoms with E-state index < -0.39 is 19.7 Å². The Morgan fingerprint density at radius 2 is 1.84 bits per heavy atom. The number of anilines is 1. The van der Waals surface area contributed by atoms with Gasteiger partial charge in [0.15, 0.2) is 0 Å². The molecule has 0 unspecified atom stereocenters. The number of nitrogens with zero attached hydrogens (tertiary/aromatic N) is 3. The van der Waals surface area contributed by atoms with Crippen molar-refractivity contribution in [3.8, 4) is 0 Å². The summed E-state index contributed by atoms with van der Waals surface area (Å²) >= 11 is 0. The second-order valence-electron chi connectivity index (χ2n) is 6.11. The zero-order valence-corrected chi connectivity index (χ0v) is 14.6. The first kappa shape index (κ1) is 19.1. The van der Waals surface area contributed by atoms with Gasteiger partial charge < -0.3 is 10.2 Å². The Balaban J connectivity index is 1.97. The fourth-order valence-electron chi connectivity index (χ4n) is 2.72. The van der Waals surface area contributed by atoms with Crippen LogP contribution in [0.2, 0.25) is 0 Å². The van der Waals surface area contributed by atoms with Crippen LogP contribution < -0.4 is 5.32 Å². The van der Waals surface area contributed by atoms with E-state index in [9.17, 15) is 28.6 Å². The molecule has 1 saturated heterocycles. The average Bonchev–Trinajstić information content (AvgIpc) is 2.53. The van der Waals surface area contributed by atoms with Gasteiger partial charge in [-0.25, -0.2) is 8.42 Å². The molecular weight excluding hydrogens is 352 g/mol. The van der Waals surface area contributed by atoms with Gasteiger partial charge in [0.05, 0.1) is 21.7 Å². The smallest absolute Gasteiger partial charge is 0.299 e. The topological polar surface area (TPSA) is 136 Å². The lowest BCUT2D eigenvalue weighted by molar-refractivity contribution is -0.393. The predicted molar refractivity (Wildman–Crippen MR) is 92.5 cm³/mol. The summed E-state index contributed by atoms with van der Waals surface area (Å²) in [6.07, 6.45) is 2.62. The summed E-state index contributed by atoms with van der Waals surface area (Å²) in [6.45, 7) is 1.85. The molecule has 0 saturated carbocycles. The summed E-state index contributed by atoms with van der Waals surface area (Å²) in [7, 11) is -3.00. The molecule has 0 radical (unpaired) electrons. The van der Waals surface area contributed by atoms with Gasteiger partial charge in [-0.1, -0.05) is 0 Å². The first-order valence-electron chi connectivity index (χ1n) is 7.75. The second kappa shape index (κ2) is 7.74. The van der Waals surface area contributed by atoms with Crippen molar-refractivity contribution in [3.63, 3.8) is 0 Å². The summed E-state index contributed by atoms with van der Waals surface area (Å²) in [5.41, 5.74) is -0.397. The monoisotopic (exact) mass is 372 g/mol. The highest BCUT2D eigenvalue weighted by Crippen LogP contribution is 2.30. The number of nitro groups is 2. The number of nitro benzene ring substituents is 2. The van der Waals surface area contributed by atoms with Gasteiger partial charge in [-0.3, -0.25) is 20.2 Å². The summed E-state index contributed by atoms with van der Waals surface area (Å²) in [5.74, 6) is 0.110. The van der Waals surface area contributed by atoms with E-state index in [1.807, 2.05) is 4.90 Å². The van der Waals surface area contributed by atoms with Crippen molar-refractivity contribution >= 4 is 26.9 Å². The number of benzene rings is 1. The molecule has 1 aliphatic heterocycles. The zero-order valence-electron chi connectivity index (χ0n) is 13.8. The van der Waals surface area contributed by atoms with Crippen LogP contribution in [0, 0.1) is 20.2 Å². The third-order valence-corrected chi connectivity index (χ3v) is 5.04. The first-order chi connectivity index (χ1) is 11.7. The fraction of sp³-hybridized carbons (Fsp3) is 0.571. The van der Waals surface area contributed by atoms with Gasteiger partial charge in [-0.15, -0.1) is 0 Å². The lowest BCUT2D eigenvalue weighted by Crippen LogP contribution is -2.41. The molecule has 1 aromatic rings. The first-order valence-corrected chi connectivity index (χ1v) is 9.81. The Bertz CT molecular complexity index is 759. The molecule has 0 aromatic heterocycles. The number of non-ortho nitro benzene ring substituents is 1. The Labute approximate surface area is 145 Å². The number of likely N-dealkylation sites (tertiary alicyclic amines) is 1. The van der Waals surface area contributed by atoms with E-state index in [1.165, 1.54) is 18.4 Å². The molecule has 11 heteroatoms. The zero-order chi connectivity index (χ0) is 18.6. The van der Waals surface area contributed by atoms with Crippen molar-refractivity contribution in [2.24, 2.45) is 0 Å². The molecule has 138 valence electrons. The molecule has 2 rings (SSSR count). The quantitative estimate of drug-likeness (QED) is 0.561. The molecule has 0 spiro atoms. The number of rotatable bonds is 7. The van der Waals surface area contributed by atoms with Gasteiger partial charge in [0.25, 0.3) is 11.4 Å². The van der Waals surface area contributed by atoms with E-state index >= 15 is 0 Å². The van der Waals surface area contributed by atoms with Crippen LogP contribution >= 0.6 is 0 Å². The molecule has 10 nitrogen and oxygen atoms in total. The lowest BCUT2D eigenvalue weighted by atomic mass is 10.0. The van der Waals surface area contributed by atoms with Crippen LogP contribution in [0.25, 0.3) is 0 Å². The van der Waals surface area contributed by atoms with E-state index in [0.29, 0.717) is 32.5 Å². The van der Waals surface area contributed by atoms with E-state index in [0.717, 1.165) is 6.07 Å². The molecule has 1 aromatic carbocycles. The van der Waals surface area contributed by atoms with Gasteiger partial charge in [0.2, 0.25) is 0 Å². The minimum Gasteiger partial charge on any atom is -0.377 e. The van der Waals surface area contributed by atoms with Crippen LogP contribution in [-0.2, 0) is 9.84 Å². The normalized spacial score (nSPS) is 16.5. The maximum Gasteiger partial charge on any atom is 0.299 e. The van der Waals surface area contributed by atoms with E-state index in [-0.39, 0.29) is 28.9 Å². The van der Waals surface area contributed by atoms with Gasteiger partial charge in [0.1, 0.15) is 15.5 Å². The Hall–Kier alpha value is -2.27. The molecule has 1 aliphatic rings. The Morgan fingerprint density at radius 1 is 1.20 bits per heavy atom. The molecule has 0 atom stereocenters. The molecule has 1 N–H and O–H groups in total. The Kier molecular flexibility index (Phi) is 5.90. The maximum absolute atomic E-state index is 11.2. The predicted octanol–water partition coefficient (Wildman–Crippen LogP) is 1.42. The van der Waals surface area contributed by atoms with Crippen molar-refractivity contribution < 1.29 is 18.3 Å². The lowest BCUT2D eigenvalue weighted by Gasteiger charge is -2.32. The Morgan fingerprint density at radius 3 is 2.36 bits per heavy atom. The minimum absolute atomic E-state index is 0.00496. The van der Waals surface area contributed by atoms with Crippen LogP contribution in [0.5, 0.6) is 0 Å². The highest BCUT2D eigenvalue weighted by molar-refractivity contribution is 7.90. The van der Waals surface area contributed by atoms with E-state index in [1.54, 1.807) is 0 Å². The third-order valence-electron chi connectivity index (χ3n) is 4.11. The largest absolute Gasteiger partial charge is 0.377 e. The van der Waals surface area contributed by atoms with Gasteiger partial charge in [-0.2, -0.15) is 0 Å². The molecule has 0 bridgehead atoms. The summed E-state index contributed by atoms with van der Waals surface area (Å²) in [4.78, 5) is 22.6. The summed E-state index contributed by atoms with van der Waals surface area (Å²) in [6, 6.07) is 3.53. The third kappa shape index (κ3) is 5.64. The molecular formula is C14H20N4O6S. The molecule has 25 heavy (non-hydrogen) atoms. The molecule has 1 heterocycles. The van der Waals surface area contributed by atoms with Crippen LogP contribution in [0.3, 0.4) is 0 Å². The van der Waals surface area contributed by atoms with E-state index in [4.69, 9.17) is 0 Å². The highest BCUT2D eigenvalue weighted by atomic mass is 32.2. The van der Waals surface area contributed by atoms with Crippen LogP contribution in [0.1, 0.15) is 12.8 Å². The molecule has 0 aliphatic carbocycles. The number of nitrogens with one attached hydrogen (secondary N) is 1.